The number of piperidine rings is 1. The maximum Gasteiger partial charge on any atom is 0.249 e. The van der Waals surface area contributed by atoms with Crippen LogP contribution in [0, 0.1) is 5.92 Å². The molecule has 4 heterocycles. The molecule has 1 aromatic heterocycles. The van der Waals surface area contributed by atoms with Crippen LogP contribution in [-0.2, 0) is 26.3 Å². The number of likely N-dealkylation sites (tertiary alicyclic amines) is 2. The molecule has 1 aromatic rings. The number of aromatic nitrogens is 2. The SMILES string of the molecule is COCC(=O)N1CCc2[nH]cnc2C12CCN(C(=O)[C@@H]1CCN(C(C)C)C1)CC2. The lowest BCUT2D eigenvalue weighted by atomic mass is 9.78. The summed E-state index contributed by atoms with van der Waals surface area (Å²) in [5.74, 6) is 0.380. The number of nitrogens with zero attached hydrogens (tertiary/aromatic N) is 4. The summed E-state index contributed by atoms with van der Waals surface area (Å²) in [5, 5.41) is 0. The Balaban J connectivity index is 1.49. The number of amides is 2. The minimum atomic E-state index is -0.431. The molecule has 0 saturated carbocycles. The molecule has 1 spiro atoms. The van der Waals surface area contributed by atoms with Crippen molar-refractivity contribution in [1.82, 2.24) is 24.7 Å². The zero-order valence-electron chi connectivity index (χ0n) is 17.8. The van der Waals surface area contributed by atoms with Gasteiger partial charge in [0, 0.05) is 51.4 Å². The number of carbonyl (C=O) groups is 2. The summed E-state index contributed by atoms with van der Waals surface area (Å²) in [4.78, 5) is 40.1. The molecule has 0 unspecified atom stereocenters. The van der Waals surface area contributed by atoms with Gasteiger partial charge < -0.3 is 24.4 Å². The van der Waals surface area contributed by atoms with Crippen molar-refractivity contribution in [2.24, 2.45) is 5.92 Å². The van der Waals surface area contributed by atoms with Gasteiger partial charge in [0.2, 0.25) is 11.8 Å². The van der Waals surface area contributed by atoms with Crippen molar-refractivity contribution in [3.05, 3.63) is 17.7 Å². The summed E-state index contributed by atoms with van der Waals surface area (Å²) >= 11 is 0. The summed E-state index contributed by atoms with van der Waals surface area (Å²) in [5.41, 5.74) is 1.67. The lowest BCUT2D eigenvalue weighted by Gasteiger charge is -2.50. The first kappa shape index (κ1) is 20.3. The molecule has 1 atom stereocenters. The van der Waals surface area contributed by atoms with Crippen molar-refractivity contribution >= 4 is 11.8 Å². The van der Waals surface area contributed by atoms with Gasteiger partial charge in [0.25, 0.3) is 0 Å². The van der Waals surface area contributed by atoms with Gasteiger partial charge in [-0.15, -0.1) is 0 Å². The van der Waals surface area contributed by atoms with Crippen molar-refractivity contribution in [3.63, 3.8) is 0 Å². The van der Waals surface area contributed by atoms with Crippen molar-refractivity contribution in [2.75, 3.05) is 46.4 Å². The second-order valence-corrected chi connectivity index (χ2v) is 8.89. The number of methoxy groups -OCH3 is 1. The Morgan fingerprint density at radius 2 is 2.03 bits per heavy atom. The molecule has 2 saturated heterocycles. The first-order valence-corrected chi connectivity index (χ1v) is 10.8. The molecule has 4 rings (SSSR count). The molecule has 0 radical (unpaired) electrons. The minimum absolute atomic E-state index is 0.00398. The van der Waals surface area contributed by atoms with Crippen LogP contribution in [-0.4, -0.2) is 89.0 Å². The predicted octanol–water partition coefficient (Wildman–Crippen LogP) is 0.989. The van der Waals surface area contributed by atoms with Gasteiger partial charge in [-0.25, -0.2) is 4.98 Å². The smallest absolute Gasteiger partial charge is 0.249 e. The van der Waals surface area contributed by atoms with Crippen molar-refractivity contribution < 1.29 is 14.3 Å². The van der Waals surface area contributed by atoms with E-state index in [0.29, 0.717) is 25.7 Å². The summed E-state index contributed by atoms with van der Waals surface area (Å²) in [6, 6.07) is 0.484. The molecular weight excluding hydrogens is 370 g/mol. The average Bonchev–Trinajstić information content (AvgIpc) is 3.39. The Morgan fingerprint density at radius 3 is 2.69 bits per heavy atom. The van der Waals surface area contributed by atoms with Gasteiger partial charge >= 0.3 is 0 Å². The summed E-state index contributed by atoms with van der Waals surface area (Å²) in [6.07, 6.45) is 4.91. The van der Waals surface area contributed by atoms with Crippen LogP contribution in [0.25, 0.3) is 0 Å². The number of nitrogens with one attached hydrogen (secondary N) is 1. The molecule has 3 aliphatic heterocycles. The third-order valence-electron chi connectivity index (χ3n) is 7.03. The highest BCUT2D eigenvalue weighted by molar-refractivity contribution is 5.80. The minimum Gasteiger partial charge on any atom is -0.375 e. The molecule has 0 aliphatic carbocycles. The van der Waals surface area contributed by atoms with E-state index in [9.17, 15) is 9.59 Å². The highest BCUT2D eigenvalue weighted by Crippen LogP contribution is 2.42. The van der Waals surface area contributed by atoms with Crippen molar-refractivity contribution in [2.45, 2.75) is 51.1 Å². The number of fused-ring (bicyclic) bond motifs is 2. The monoisotopic (exact) mass is 403 g/mol. The highest BCUT2D eigenvalue weighted by Gasteiger charge is 2.49. The van der Waals surface area contributed by atoms with Gasteiger partial charge in [-0.05, 0) is 39.7 Å². The molecule has 0 bridgehead atoms. The standard InChI is InChI=1S/C21H33N5O3/c1-15(2)25-8-4-16(12-25)20(28)24-10-6-21(7-11-24)19-17(22-14-23-19)5-9-26(21)18(27)13-29-3/h14-16H,4-13H2,1-3H3,(H,22,23)/t16-/m1/s1. The molecule has 2 amide bonds. The van der Waals surface area contributed by atoms with Crippen LogP contribution in [0.3, 0.4) is 0 Å². The molecular formula is C21H33N5O3. The summed E-state index contributed by atoms with van der Waals surface area (Å²) in [6.45, 7) is 8.32. The molecule has 1 N–H and O–H groups in total. The normalized spacial score (nSPS) is 24.3. The van der Waals surface area contributed by atoms with Gasteiger partial charge in [0.05, 0.1) is 23.5 Å². The van der Waals surface area contributed by atoms with Gasteiger partial charge in [0.15, 0.2) is 0 Å². The van der Waals surface area contributed by atoms with Crippen LogP contribution in [0.15, 0.2) is 6.33 Å². The van der Waals surface area contributed by atoms with Gasteiger partial charge in [-0.2, -0.15) is 0 Å². The van der Waals surface area contributed by atoms with Gasteiger partial charge in [-0.3, -0.25) is 9.59 Å². The second kappa shape index (κ2) is 8.07. The number of carbonyl (C=O) groups excluding carboxylic acids is 2. The largest absolute Gasteiger partial charge is 0.375 e. The number of hydrogen-bond donors (Lipinski definition) is 1. The first-order valence-electron chi connectivity index (χ1n) is 10.8. The van der Waals surface area contributed by atoms with E-state index in [1.807, 2.05) is 9.80 Å². The molecule has 0 aromatic carbocycles. The van der Waals surface area contributed by atoms with Gasteiger partial charge in [0.1, 0.15) is 6.61 Å². The lowest BCUT2D eigenvalue weighted by Crippen LogP contribution is -2.60. The number of rotatable bonds is 4. The van der Waals surface area contributed by atoms with Crippen LogP contribution in [0.2, 0.25) is 0 Å². The Kier molecular flexibility index (Phi) is 5.66. The van der Waals surface area contributed by atoms with E-state index in [2.05, 4.69) is 28.7 Å². The van der Waals surface area contributed by atoms with E-state index in [1.54, 1.807) is 13.4 Å². The summed E-state index contributed by atoms with van der Waals surface area (Å²) in [7, 11) is 1.55. The van der Waals surface area contributed by atoms with E-state index >= 15 is 0 Å². The lowest BCUT2D eigenvalue weighted by molar-refractivity contribution is -0.148. The molecule has 8 nitrogen and oxygen atoms in total. The van der Waals surface area contributed by atoms with E-state index in [4.69, 9.17) is 4.74 Å². The third-order valence-corrected chi connectivity index (χ3v) is 7.03. The van der Waals surface area contributed by atoms with E-state index in [0.717, 1.165) is 50.2 Å². The van der Waals surface area contributed by atoms with Crippen LogP contribution in [0.5, 0.6) is 0 Å². The van der Waals surface area contributed by atoms with Gasteiger partial charge in [-0.1, -0.05) is 0 Å². The molecule has 160 valence electrons. The fourth-order valence-electron chi connectivity index (χ4n) is 5.36. The Bertz CT molecular complexity index is 753. The van der Waals surface area contributed by atoms with Crippen LogP contribution in [0.1, 0.15) is 44.5 Å². The van der Waals surface area contributed by atoms with Crippen molar-refractivity contribution in [1.29, 1.82) is 0 Å². The van der Waals surface area contributed by atoms with E-state index in [1.165, 1.54) is 0 Å². The third kappa shape index (κ3) is 3.57. The number of hydrogen-bond acceptors (Lipinski definition) is 5. The van der Waals surface area contributed by atoms with Crippen LogP contribution in [0.4, 0.5) is 0 Å². The molecule has 29 heavy (non-hydrogen) atoms. The van der Waals surface area contributed by atoms with Crippen LogP contribution < -0.4 is 0 Å². The first-order chi connectivity index (χ1) is 14.0. The Labute approximate surface area is 172 Å². The fraction of sp³-hybridized carbons (Fsp3) is 0.762. The maximum atomic E-state index is 13.1. The number of aromatic amines is 1. The fourth-order valence-corrected chi connectivity index (χ4v) is 5.36. The van der Waals surface area contributed by atoms with E-state index in [-0.39, 0.29) is 24.3 Å². The zero-order chi connectivity index (χ0) is 20.6. The maximum absolute atomic E-state index is 13.1. The highest BCUT2D eigenvalue weighted by atomic mass is 16.5. The topological polar surface area (TPSA) is 81.8 Å². The number of H-pyrrole nitrogens is 1. The average molecular weight is 404 g/mol. The van der Waals surface area contributed by atoms with Crippen molar-refractivity contribution in [3.8, 4) is 0 Å². The van der Waals surface area contributed by atoms with Crippen LogP contribution >= 0.6 is 0 Å². The number of ether oxygens (including phenoxy) is 1. The Morgan fingerprint density at radius 1 is 1.28 bits per heavy atom. The zero-order valence-corrected chi connectivity index (χ0v) is 17.8. The number of imidazole rings is 1. The predicted molar refractivity (Wildman–Crippen MR) is 108 cm³/mol. The second-order valence-electron chi connectivity index (χ2n) is 8.89. The quantitative estimate of drug-likeness (QED) is 0.811. The van der Waals surface area contributed by atoms with E-state index < -0.39 is 5.54 Å². The molecule has 2 fully saturated rings. The molecule has 8 heteroatoms. The molecule has 3 aliphatic rings. The Hall–Kier alpha value is -1.93. The summed E-state index contributed by atoms with van der Waals surface area (Å²) < 4.78 is 5.13.